The Kier molecular flexibility index (Phi) is 5.97. The van der Waals surface area contributed by atoms with Crippen molar-refractivity contribution in [3.05, 3.63) is 34.4 Å². The number of benzene rings is 1. The highest BCUT2D eigenvalue weighted by molar-refractivity contribution is 7.91. The van der Waals surface area contributed by atoms with Crippen molar-refractivity contribution in [2.45, 2.75) is 77.5 Å². The lowest BCUT2D eigenvalue weighted by atomic mass is 9.84. The van der Waals surface area contributed by atoms with Crippen LogP contribution in [0.25, 0.3) is 0 Å². The Morgan fingerprint density at radius 3 is 2.12 bits per heavy atom. The minimum atomic E-state index is -3.48. The quantitative estimate of drug-likeness (QED) is 0.867. The normalized spacial score (nSPS) is 16.2. The summed E-state index contributed by atoms with van der Waals surface area (Å²) in [6.45, 7) is 10.3. The molecule has 1 fully saturated rings. The number of nitrogens with one attached hydrogen (secondary N) is 1. The molecule has 1 aliphatic carbocycles. The van der Waals surface area contributed by atoms with E-state index in [0.29, 0.717) is 0 Å². The van der Waals surface area contributed by atoms with E-state index in [1.54, 1.807) is 0 Å². The van der Waals surface area contributed by atoms with E-state index in [-0.39, 0.29) is 23.1 Å². The van der Waals surface area contributed by atoms with Crippen LogP contribution in [0, 0.1) is 13.8 Å². The topological polar surface area (TPSA) is 63.2 Å². The molecule has 1 saturated carbocycles. The monoisotopic (exact) mass is 365 g/mol. The molecule has 0 unspecified atom stereocenters. The number of carbonyl (C=O) groups excluding carboxylic acids is 1. The molecule has 0 atom stereocenters. The summed E-state index contributed by atoms with van der Waals surface area (Å²) < 4.78 is 25.0. The summed E-state index contributed by atoms with van der Waals surface area (Å²) in [5.41, 5.74) is 3.99. The third kappa shape index (κ3) is 5.56. The maximum absolute atomic E-state index is 12.5. The molecule has 0 heterocycles. The fourth-order valence-electron chi connectivity index (χ4n) is 3.46. The molecule has 2 rings (SSSR count). The number of rotatable bonds is 5. The third-order valence-corrected chi connectivity index (χ3v) is 6.43. The van der Waals surface area contributed by atoms with Crippen LogP contribution in [0.1, 0.15) is 68.7 Å². The Morgan fingerprint density at radius 1 is 1.12 bits per heavy atom. The number of amides is 1. The molecule has 1 aliphatic rings. The first kappa shape index (κ1) is 20.0. The van der Waals surface area contributed by atoms with E-state index in [2.05, 4.69) is 38.2 Å². The molecule has 1 aromatic carbocycles. The second-order valence-corrected chi connectivity index (χ2v) is 10.5. The molecule has 0 radical (unpaired) electrons. The van der Waals surface area contributed by atoms with Gasteiger partial charge in [-0.2, -0.15) is 0 Å². The van der Waals surface area contributed by atoms with Gasteiger partial charge in [-0.05, 0) is 54.4 Å². The summed E-state index contributed by atoms with van der Waals surface area (Å²) in [4.78, 5) is 12.1. The SMILES string of the molecule is Cc1cc(C(C)(C)C)cc(C)c1CS(=O)(=O)CC(=O)NC1CCCC1. The van der Waals surface area contributed by atoms with Crippen LogP contribution in [0.3, 0.4) is 0 Å². The molecule has 0 aliphatic heterocycles. The van der Waals surface area contributed by atoms with Crippen molar-refractivity contribution in [3.8, 4) is 0 Å². The predicted molar refractivity (Wildman–Crippen MR) is 103 cm³/mol. The molecule has 0 bridgehead atoms. The van der Waals surface area contributed by atoms with Crippen LogP contribution < -0.4 is 5.32 Å². The summed E-state index contributed by atoms with van der Waals surface area (Å²) in [6.07, 6.45) is 4.13. The molecule has 25 heavy (non-hydrogen) atoms. The zero-order valence-electron chi connectivity index (χ0n) is 16.1. The highest BCUT2D eigenvalue weighted by Crippen LogP contribution is 2.28. The minimum Gasteiger partial charge on any atom is -0.352 e. The van der Waals surface area contributed by atoms with Crippen LogP contribution in [-0.4, -0.2) is 26.1 Å². The van der Waals surface area contributed by atoms with Gasteiger partial charge in [0.2, 0.25) is 5.91 Å². The molecule has 4 nitrogen and oxygen atoms in total. The van der Waals surface area contributed by atoms with Crippen molar-refractivity contribution in [2.75, 3.05) is 5.75 Å². The van der Waals surface area contributed by atoms with Gasteiger partial charge in [0.1, 0.15) is 5.75 Å². The number of carbonyl (C=O) groups is 1. The lowest BCUT2D eigenvalue weighted by Crippen LogP contribution is -2.37. The van der Waals surface area contributed by atoms with Crippen LogP contribution >= 0.6 is 0 Å². The van der Waals surface area contributed by atoms with E-state index in [9.17, 15) is 13.2 Å². The summed E-state index contributed by atoms with van der Waals surface area (Å²) in [5.74, 6) is -0.871. The first-order chi connectivity index (χ1) is 11.5. The second-order valence-electron chi connectivity index (χ2n) is 8.42. The molecular formula is C20H31NO3S. The molecule has 1 amide bonds. The molecule has 5 heteroatoms. The summed E-state index contributed by atoms with van der Waals surface area (Å²) in [6, 6.07) is 4.28. The number of hydrogen-bond donors (Lipinski definition) is 1. The van der Waals surface area contributed by atoms with Gasteiger partial charge in [-0.15, -0.1) is 0 Å². The molecule has 140 valence electrons. The summed E-state index contributed by atoms with van der Waals surface area (Å²) in [7, 11) is -3.48. The maximum atomic E-state index is 12.5. The highest BCUT2D eigenvalue weighted by Gasteiger charge is 2.24. The van der Waals surface area contributed by atoms with Crippen LogP contribution in [0.4, 0.5) is 0 Å². The van der Waals surface area contributed by atoms with Crippen LogP contribution in [0.5, 0.6) is 0 Å². The first-order valence-corrected chi connectivity index (χ1v) is 10.9. The van der Waals surface area contributed by atoms with Crippen molar-refractivity contribution in [2.24, 2.45) is 0 Å². The molecule has 0 saturated heterocycles. The molecular weight excluding hydrogens is 334 g/mol. The smallest absolute Gasteiger partial charge is 0.235 e. The number of aryl methyl sites for hydroxylation is 2. The van der Waals surface area contributed by atoms with Gasteiger partial charge in [0.05, 0.1) is 5.75 Å². The van der Waals surface area contributed by atoms with Gasteiger partial charge < -0.3 is 5.32 Å². The maximum Gasteiger partial charge on any atom is 0.235 e. The van der Waals surface area contributed by atoms with Crippen molar-refractivity contribution in [3.63, 3.8) is 0 Å². The van der Waals surface area contributed by atoms with Crippen LogP contribution in [0.2, 0.25) is 0 Å². The van der Waals surface area contributed by atoms with Gasteiger partial charge in [0.15, 0.2) is 9.84 Å². The lowest BCUT2D eigenvalue weighted by molar-refractivity contribution is -0.119. The molecule has 0 aromatic heterocycles. The van der Waals surface area contributed by atoms with Gasteiger partial charge in [0.25, 0.3) is 0 Å². The van der Waals surface area contributed by atoms with E-state index in [1.165, 1.54) is 5.56 Å². The van der Waals surface area contributed by atoms with Crippen molar-refractivity contribution >= 4 is 15.7 Å². The van der Waals surface area contributed by atoms with Crippen LogP contribution in [0.15, 0.2) is 12.1 Å². The standard InChI is InChI=1S/C20H31NO3S/c1-14-10-16(20(3,4)5)11-15(2)18(14)12-25(23,24)13-19(22)21-17-8-6-7-9-17/h10-11,17H,6-9,12-13H2,1-5H3,(H,21,22). The van der Waals surface area contributed by atoms with E-state index < -0.39 is 15.6 Å². The molecule has 1 aromatic rings. The third-order valence-electron chi connectivity index (χ3n) is 5.00. The van der Waals surface area contributed by atoms with E-state index in [0.717, 1.165) is 42.4 Å². The Hall–Kier alpha value is -1.36. The molecule has 0 spiro atoms. The summed E-state index contributed by atoms with van der Waals surface area (Å²) >= 11 is 0. The van der Waals surface area contributed by atoms with Gasteiger partial charge in [-0.3, -0.25) is 4.79 Å². The highest BCUT2D eigenvalue weighted by atomic mass is 32.2. The van der Waals surface area contributed by atoms with Gasteiger partial charge in [-0.1, -0.05) is 45.7 Å². The van der Waals surface area contributed by atoms with E-state index in [1.807, 2.05) is 13.8 Å². The van der Waals surface area contributed by atoms with Crippen LogP contribution in [-0.2, 0) is 25.8 Å². The largest absolute Gasteiger partial charge is 0.352 e. The Morgan fingerprint density at radius 2 is 1.64 bits per heavy atom. The predicted octanol–water partition coefficient (Wildman–Crippen LogP) is 3.57. The van der Waals surface area contributed by atoms with Gasteiger partial charge >= 0.3 is 0 Å². The lowest BCUT2D eigenvalue weighted by Gasteiger charge is -2.22. The minimum absolute atomic E-state index is 0.0219. The zero-order chi connectivity index (χ0) is 18.8. The zero-order valence-corrected chi connectivity index (χ0v) is 16.9. The van der Waals surface area contributed by atoms with E-state index in [4.69, 9.17) is 0 Å². The average Bonchev–Trinajstić information content (AvgIpc) is 2.93. The summed E-state index contributed by atoms with van der Waals surface area (Å²) in [5, 5.41) is 2.86. The molecule has 1 N–H and O–H groups in total. The van der Waals surface area contributed by atoms with Crippen molar-refractivity contribution < 1.29 is 13.2 Å². The first-order valence-electron chi connectivity index (χ1n) is 9.08. The Balaban J connectivity index is 2.10. The Bertz CT molecular complexity index is 716. The van der Waals surface area contributed by atoms with Gasteiger partial charge in [0, 0.05) is 6.04 Å². The van der Waals surface area contributed by atoms with Crippen molar-refractivity contribution in [1.82, 2.24) is 5.32 Å². The fraction of sp³-hybridized carbons (Fsp3) is 0.650. The Labute approximate surface area is 152 Å². The fourth-order valence-corrected chi connectivity index (χ4v) is 4.94. The second kappa shape index (κ2) is 7.48. The number of sulfone groups is 1. The van der Waals surface area contributed by atoms with E-state index >= 15 is 0 Å². The van der Waals surface area contributed by atoms with Crippen molar-refractivity contribution in [1.29, 1.82) is 0 Å². The average molecular weight is 366 g/mol. The van der Waals surface area contributed by atoms with Gasteiger partial charge in [-0.25, -0.2) is 8.42 Å². The number of hydrogen-bond acceptors (Lipinski definition) is 3.